The zero-order valence-electron chi connectivity index (χ0n) is 10.6. The molecule has 0 fully saturated rings. The van der Waals surface area contributed by atoms with Crippen molar-refractivity contribution in [2.45, 2.75) is 45.3 Å². The highest BCUT2D eigenvalue weighted by atomic mass is 16.6. The van der Waals surface area contributed by atoms with E-state index in [0.717, 1.165) is 18.4 Å². The number of carbonyl (C=O) groups is 1. The number of nitrogens with two attached hydrogens (primary N) is 1. The first-order valence-corrected chi connectivity index (χ1v) is 5.98. The van der Waals surface area contributed by atoms with Crippen LogP contribution >= 0.6 is 0 Å². The zero-order valence-corrected chi connectivity index (χ0v) is 10.6. The summed E-state index contributed by atoms with van der Waals surface area (Å²) in [6, 6.07) is 5.79. The van der Waals surface area contributed by atoms with E-state index in [1.807, 2.05) is 32.9 Å². The van der Waals surface area contributed by atoms with E-state index in [0.29, 0.717) is 5.56 Å². The molecular formula is C14H19NO2. The lowest BCUT2D eigenvalue weighted by molar-refractivity contribution is 0.00694. The van der Waals surface area contributed by atoms with Crippen molar-refractivity contribution in [3.05, 3.63) is 34.9 Å². The van der Waals surface area contributed by atoms with Gasteiger partial charge < -0.3 is 10.5 Å². The largest absolute Gasteiger partial charge is 0.456 e. The Labute approximate surface area is 102 Å². The van der Waals surface area contributed by atoms with Crippen LogP contribution in [0.25, 0.3) is 0 Å². The molecule has 17 heavy (non-hydrogen) atoms. The third-order valence-electron chi connectivity index (χ3n) is 2.90. The summed E-state index contributed by atoms with van der Waals surface area (Å²) in [6.45, 7) is 5.61. The maximum absolute atomic E-state index is 11.9. The molecule has 0 heterocycles. The van der Waals surface area contributed by atoms with Gasteiger partial charge in [-0.1, -0.05) is 6.07 Å². The van der Waals surface area contributed by atoms with Crippen LogP contribution < -0.4 is 5.73 Å². The van der Waals surface area contributed by atoms with Crippen molar-refractivity contribution >= 4 is 5.97 Å². The lowest BCUT2D eigenvalue weighted by atomic mass is 10.0. The number of fused-ring (bicyclic) bond motifs is 1. The van der Waals surface area contributed by atoms with Crippen molar-refractivity contribution in [3.8, 4) is 0 Å². The molecule has 0 aliphatic heterocycles. The highest BCUT2D eigenvalue weighted by Gasteiger charge is 2.22. The van der Waals surface area contributed by atoms with E-state index in [9.17, 15) is 4.79 Å². The number of benzene rings is 1. The maximum atomic E-state index is 11.9. The molecule has 3 nitrogen and oxygen atoms in total. The van der Waals surface area contributed by atoms with Gasteiger partial charge in [-0.15, -0.1) is 0 Å². The lowest BCUT2D eigenvalue weighted by Gasteiger charge is -2.19. The Morgan fingerprint density at radius 2 is 2.12 bits per heavy atom. The predicted molar refractivity (Wildman–Crippen MR) is 66.9 cm³/mol. The van der Waals surface area contributed by atoms with Crippen molar-refractivity contribution in [2.75, 3.05) is 0 Å². The molecule has 2 rings (SSSR count). The summed E-state index contributed by atoms with van der Waals surface area (Å²) in [5.41, 5.74) is 8.47. The molecule has 1 aromatic rings. The number of hydrogen-bond acceptors (Lipinski definition) is 3. The second kappa shape index (κ2) is 4.15. The third kappa shape index (κ3) is 2.67. The average Bonchev–Trinajstić information content (AvgIpc) is 2.57. The standard InChI is InChI=1S/C14H19NO2/c1-14(2,3)17-13(16)10-4-6-11-9(8-10)5-7-12(11)15/h4,6,8,12H,5,7,15H2,1-3H3/t12-/m0/s1. The summed E-state index contributed by atoms with van der Waals surface area (Å²) in [5.74, 6) is -0.263. The quantitative estimate of drug-likeness (QED) is 0.758. The Hall–Kier alpha value is -1.35. The first-order valence-electron chi connectivity index (χ1n) is 5.98. The maximum Gasteiger partial charge on any atom is 0.338 e. The highest BCUT2D eigenvalue weighted by Crippen LogP contribution is 2.30. The molecule has 1 aliphatic carbocycles. The smallest absolute Gasteiger partial charge is 0.338 e. The van der Waals surface area contributed by atoms with Gasteiger partial charge in [0.25, 0.3) is 0 Å². The molecule has 1 aromatic carbocycles. The Bertz CT molecular complexity index is 446. The van der Waals surface area contributed by atoms with Gasteiger partial charge in [0, 0.05) is 6.04 Å². The van der Waals surface area contributed by atoms with Crippen LogP contribution in [0.1, 0.15) is 54.7 Å². The summed E-state index contributed by atoms with van der Waals surface area (Å²) in [6.07, 6.45) is 1.92. The monoisotopic (exact) mass is 233 g/mol. The molecule has 0 radical (unpaired) electrons. The fraction of sp³-hybridized carbons (Fsp3) is 0.500. The van der Waals surface area contributed by atoms with E-state index in [1.54, 1.807) is 6.07 Å². The van der Waals surface area contributed by atoms with Gasteiger partial charge in [-0.3, -0.25) is 0 Å². The van der Waals surface area contributed by atoms with Gasteiger partial charge in [-0.25, -0.2) is 4.79 Å². The van der Waals surface area contributed by atoms with E-state index < -0.39 is 5.60 Å². The van der Waals surface area contributed by atoms with E-state index in [-0.39, 0.29) is 12.0 Å². The molecule has 0 aromatic heterocycles. The van der Waals surface area contributed by atoms with Gasteiger partial charge in [0.15, 0.2) is 0 Å². The topological polar surface area (TPSA) is 52.3 Å². The van der Waals surface area contributed by atoms with Crippen molar-refractivity contribution in [2.24, 2.45) is 5.73 Å². The molecule has 1 aliphatic rings. The number of carbonyl (C=O) groups excluding carboxylic acids is 1. The third-order valence-corrected chi connectivity index (χ3v) is 2.90. The van der Waals surface area contributed by atoms with E-state index >= 15 is 0 Å². The van der Waals surface area contributed by atoms with Gasteiger partial charge >= 0.3 is 5.97 Å². The molecule has 0 amide bonds. The van der Waals surface area contributed by atoms with Crippen LogP contribution in [0.3, 0.4) is 0 Å². The number of aryl methyl sites for hydroxylation is 1. The second-order valence-corrected chi connectivity index (χ2v) is 5.56. The van der Waals surface area contributed by atoms with Gasteiger partial charge in [0.2, 0.25) is 0 Å². The van der Waals surface area contributed by atoms with E-state index in [1.165, 1.54) is 5.56 Å². The molecule has 3 heteroatoms. The van der Waals surface area contributed by atoms with Crippen molar-refractivity contribution < 1.29 is 9.53 Å². The summed E-state index contributed by atoms with van der Waals surface area (Å²) >= 11 is 0. The SMILES string of the molecule is CC(C)(C)OC(=O)c1ccc2c(c1)CC[C@@H]2N. The summed E-state index contributed by atoms with van der Waals surface area (Å²) in [5, 5.41) is 0. The van der Waals surface area contributed by atoms with Crippen LogP contribution in [0.2, 0.25) is 0 Å². The van der Waals surface area contributed by atoms with Gasteiger partial charge in [0.05, 0.1) is 5.56 Å². The molecule has 92 valence electrons. The van der Waals surface area contributed by atoms with Crippen molar-refractivity contribution in [1.29, 1.82) is 0 Å². The molecule has 1 atom stereocenters. The minimum Gasteiger partial charge on any atom is -0.456 e. The van der Waals surface area contributed by atoms with Gasteiger partial charge in [-0.2, -0.15) is 0 Å². The number of rotatable bonds is 1. The number of esters is 1. The Morgan fingerprint density at radius 3 is 2.76 bits per heavy atom. The average molecular weight is 233 g/mol. The molecule has 0 unspecified atom stereocenters. The Kier molecular flexibility index (Phi) is 2.96. The van der Waals surface area contributed by atoms with Crippen LogP contribution in [0, 0.1) is 0 Å². The molecule has 0 saturated heterocycles. The predicted octanol–water partition coefficient (Wildman–Crippen LogP) is 2.59. The van der Waals surface area contributed by atoms with Crippen LogP contribution in [-0.4, -0.2) is 11.6 Å². The minimum atomic E-state index is -0.452. The van der Waals surface area contributed by atoms with Gasteiger partial charge in [-0.05, 0) is 56.9 Å². The fourth-order valence-corrected chi connectivity index (χ4v) is 2.11. The Morgan fingerprint density at radius 1 is 1.41 bits per heavy atom. The highest BCUT2D eigenvalue weighted by molar-refractivity contribution is 5.90. The summed E-state index contributed by atoms with van der Waals surface area (Å²) < 4.78 is 5.34. The second-order valence-electron chi connectivity index (χ2n) is 5.56. The summed E-state index contributed by atoms with van der Waals surface area (Å²) in [4.78, 5) is 11.9. The Balaban J connectivity index is 2.21. The lowest BCUT2D eigenvalue weighted by Crippen LogP contribution is -2.24. The normalized spacial score (nSPS) is 18.9. The van der Waals surface area contributed by atoms with E-state index in [2.05, 4.69) is 0 Å². The molecule has 0 bridgehead atoms. The molecule has 0 spiro atoms. The minimum absolute atomic E-state index is 0.123. The van der Waals surface area contributed by atoms with Crippen LogP contribution in [-0.2, 0) is 11.2 Å². The fourth-order valence-electron chi connectivity index (χ4n) is 2.11. The van der Waals surface area contributed by atoms with Crippen molar-refractivity contribution in [3.63, 3.8) is 0 Å². The van der Waals surface area contributed by atoms with Crippen LogP contribution in [0.4, 0.5) is 0 Å². The van der Waals surface area contributed by atoms with Crippen LogP contribution in [0.5, 0.6) is 0 Å². The number of hydrogen-bond donors (Lipinski definition) is 1. The van der Waals surface area contributed by atoms with Gasteiger partial charge in [0.1, 0.15) is 5.60 Å². The molecule has 2 N–H and O–H groups in total. The zero-order chi connectivity index (χ0) is 12.6. The van der Waals surface area contributed by atoms with Crippen LogP contribution in [0.15, 0.2) is 18.2 Å². The first kappa shape index (κ1) is 12.1. The molecule has 0 saturated carbocycles. The molecular weight excluding hydrogens is 214 g/mol. The first-order chi connectivity index (χ1) is 7.87. The van der Waals surface area contributed by atoms with Crippen molar-refractivity contribution in [1.82, 2.24) is 0 Å². The van der Waals surface area contributed by atoms with E-state index in [4.69, 9.17) is 10.5 Å². The number of ether oxygens (including phenoxy) is 1. The summed E-state index contributed by atoms with van der Waals surface area (Å²) in [7, 11) is 0.